The van der Waals surface area contributed by atoms with Gasteiger partial charge in [-0.2, -0.15) is 0 Å². The van der Waals surface area contributed by atoms with Crippen LogP contribution in [0.25, 0.3) is 0 Å². The summed E-state index contributed by atoms with van der Waals surface area (Å²) in [6, 6.07) is 8.05. The SMILES string of the molecule is CCN(Cc1csc(C)n1)Cc1ccccc1N. The van der Waals surface area contributed by atoms with E-state index in [0.717, 1.165) is 36.0 Å². The number of nitrogens with two attached hydrogens (primary N) is 1. The van der Waals surface area contributed by atoms with Gasteiger partial charge < -0.3 is 5.73 Å². The van der Waals surface area contributed by atoms with Crippen LogP contribution in [-0.2, 0) is 13.1 Å². The molecular weight excluding hydrogens is 242 g/mol. The summed E-state index contributed by atoms with van der Waals surface area (Å²) in [6.07, 6.45) is 0. The molecule has 0 saturated carbocycles. The second-order valence-corrected chi connectivity index (χ2v) is 5.42. The largest absolute Gasteiger partial charge is 0.398 e. The van der Waals surface area contributed by atoms with Gasteiger partial charge in [0.05, 0.1) is 10.7 Å². The van der Waals surface area contributed by atoms with Crippen LogP contribution in [0.5, 0.6) is 0 Å². The Morgan fingerprint density at radius 2 is 2.06 bits per heavy atom. The first kappa shape index (κ1) is 13.1. The summed E-state index contributed by atoms with van der Waals surface area (Å²) in [7, 11) is 0. The van der Waals surface area contributed by atoms with Crippen molar-refractivity contribution in [3.8, 4) is 0 Å². The van der Waals surface area contributed by atoms with Gasteiger partial charge in [-0.1, -0.05) is 25.1 Å². The molecule has 0 saturated heterocycles. The van der Waals surface area contributed by atoms with Crippen molar-refractivity contribution in [2.45, 2.75) is 26.9 Å². The van der Waals surface area contributed by atoms with Crippen molar-refractivity contribution in [2.75, 3.05) is 12.3 Å². The third-order valence-electron chi connectivity index (χ3n) is 2.95. The van der Waals surface area contributed by atoms with Gasteiger partial charge in [-0.15, -0.1) is 11.3 Å². The molecule has 18 heavy (non-hydrogen) atoms. The maximum atomic E-state index is 5.98. The Bertz CT molecular complexity index is 507. The normalized spacial score (nSPS) is 11.1. The predicted octanol–water partition coefficient (Wildman–Crippen LogP) is 3.06. The van der Waals surface area contributed by atoms with Crippen LogP contribution in [0.4, 0.5) is 5.69 Å². The summed E-state index contributed by atoms with van der Waals surface area (Å²) in [5.41, 5.74) is 9.18. The lowest BCUT2D eigenvalue weighted by atomic mass is 10.1. The zero-order valence-corrected chi connectivity index (χ0v) is 11.7. The van der Waals surface area contributed by atoms with E-state index < -0.39 is 0 Å². The fourth-order valence-corrected chi connectivity index (χ4v) is 2.51. The molecule has 0 radical (unpaired) electrons. The Labute approximate surface area is 112 Å². The molecule has 2 aromatic rings. The molecule has 0 atom stereocenters. The highest BCUT2D eigenvalue weighted by Gasteiger charge is 2.08. The number of thiazole rings is 1. The zero-order valence-electron chi connectivity index (χ0n) is 10.9. The first-order valence-electron chi connectivity index (χ1n) is 6.15. The van der Waals surface area contributed by atoms with Gasteiger partial charge in [0, 0.05) is 24.2 Å². The van der Waals surface area contributed by atoms with Crippen molar-refractivity contribution in [3.63, 3.8) is 0 Å². The van der Waals surface area contributed by atoms with Crippen LogP contribution in [0.2, 0.25) is 0 Å². The minimum absolute atomic E-state index is 0.866. The fraction of sp³-hybridized carbons (Fsp3) is 0.357. The van der Waals surface area contributed by atoms with Gasteiger partial charge in [-0.3, -0.25) is 4.90 Å². The molecule has 0 aliphatic heterocycles. The molecule has 3 nitrogen and oxygen atoms in total. The molecule has 0 fully saturated rings. The van der Waals surface area contributed by atoms with Crippen molar-refractivity contribution in [3.05, 3.63) is 45.9 Å². The topological polar surface area (TPSA) is 42.2 Å². The predicted molar refractivity (Wildman–Crippen MR) is 77.5 cm³/mol. The molecular formula is C14H19N3S. The van der Waals surface area contributed by atoms with Crippen LogP contribution in [0.3, 0.4) is 0 Å². The fourth-order valence-electron chi connectivity index (χ4n) is 1.91. The van der Waals surface area contributed by atoms with Gasteiger partial charge in [-0.05, 0) is 25.1 Å². The first-order chi connectivity index (χ1) is 8.69. The molecule has 1 heterocycles. The van der Waals surface area contributed by atoms with Gasteiger partial charge in [0.1, 0.15) is 0 Å². The standard InChI is InChI=1S/C14H19N3S/c1-3-17(9-13-10-18-11(2)16-13)8-12-6-4-5-7-14(12)15/h4-7,10H,3,8-9,15H2,1-2H3. The van der Waals surface area contributed by atoms with Crippen molar-refractivity contribution in [2.24, 2.45) is 0 Å². The number of para-hydroxylation sites is 1. The second kappa shape index (κ2) is 5.98. The highest BCUT2D eigenvalue weighted by molar-refractivity contribution is 7.09. The molecule has 96 valence electrons. The lowest BCUT2D eigenvalue weighted by Gasteiger charge is -2.20. The Kier molecular flexibility index (Phi) is 4.33. The summed E-state index contributed by atoms with van der Waals surface area (Å²) in [4.78, 5) is 6.86. The lowest BCUT2D eigenvalue weighted by Crippen LogP contribution is -2.23. The van der Waals surface area contributed by atoms with E-state index in [2.05, 4.69) is 28.3 Å². The average Bonchev–Trinajstić information content (AvgIpc) is 2.76. The number of hydrogen-bond donors (Lipinski definition) is 1. The molecule has 2 rings (SSSR count). The Morgan fingerprint density at radius 3 is 2.67 bits per heavy atom. The summed E-state index contributed by atoms with van der Waals surface area (Å²) >= 11 is 1.70. The van der Waals surface area contributed by atoms with E-state index in [1.54, 1.807) is 11.3 Å². The minimum atomic E-state index is 0.866. The van der Waals surface area contributed by atoms with Crippen molar-refractivity contribution in [1.29, 1.82) is 0 Å². The third kappa shape index (κ3) is 3.31. The lowest BCUT2D eigenvalue weighted by molar-refractivity contribution is 0.269. The number of nitrogen functional groups attached to an aromatic ring is 1. The van der Waals surface area contributed by atoms with E-state index in [9.17, 15) is 0 Å². The van der Waals surface area contributed by atoms with Crippen molar-refractivity contribution >= 4 is 17.0 Å². The quantitative estimate of drug-likeness (QED) is 0.841. The number of hydrogen-bond acceptors (Lipinski definition) is 4. The van der Waals surface area contributed by atoms with Crippen LogP contribution in [0, 0.1) is 6.92 Å². The third-order valence-corrected chi connectivity index (χ3v) is 3.77. The average molecular weight is 261 g/mol. The highest BCUT2D eigenvalue weighted by atomic mass is 32.1. The molecule has 0 aliphatic carbocycles. The highest BCUT2D eigenvalue weighted by Crippen LogP contribution is 2.16. The Hall–Kier alpha value is -1.39. The molecule has 0 bridgehead atoms. The number of anilines is 1. The Morgan fingerprint density at radius 1 is 1.28 bits per heavy atom. The number of benzene rings is 1. The van der Waals surface area contributed by atoms with E-state index in [0.29, 0.717) is 0 Å². The maximum absolute atomic E-state index is 5.98. The molecule has 4 heteroatoms. The summed E-state index contributed by atoms with van der Waals surface area (Å²) < 4.78 is 0. The molecule has 0 unspecified atom stereocenters. The summed E-state index contributed by atoms with van der Waals surface area (Å²) in [5, 5.41) is 3.26. The monoisotopic (exact) mass is 261 g/mol. The van der Waals surface area contributed by atoms with Gasteiger partial charge >= 0.3 is 0 Å². The molecule has 1 aromatic carbocycles. The summed E-state index contributed by atoms with van der Waals surface area (Å²) in [5.74, 6) is 0. The number of nitrogens with zero attached hydrogens (tertiary/aromatic N) is 2. The van der Waals surface area contributed by atoms with Crippen LogP contribution in [0.1, 0.15) is 23.2 Å². The summed E-state index contributed by atoms with van der Waals surface area (Å²) in [6.45, 7) is 6.96. The van der Waals surface area contributed by atoms with Crippen LogP contribution in [0.15, 0.2) is 29.6 Å². The maximum Gasteiger partial charge on any atom is 0.0897 e. The zero-order chi connectivity index (χ0) is 13.0. The van der Waals surface area contributed by atoms with Crippen molar-refractivity contribution < 1.29 is 0 Å². The molecule has 2 N–H and O–H groups in total. The van der Waals surface area contributed by atoms with Crippen LogP contribution >= 0.6 is 11.3 Å². The number of aromatic nitrogens is 1. The molecule has 1 aromatic heterocycles. The van der Waals surface area contributed by atoms with Crippen molar-refractivity contribution in [1.82, 2.24) is 9.88 Å². The number of rotatable bonds is 5. The smallest absolute Gasteiger partial charge is 0.0897 e. The van der Waals surface area contributed by atoms with Crippen LogP contribution < -0.4 is 5.73 Å². The van der Waals surface area contributed by atoms with Gasteiger partial charge in [0.2, 0.25) is 0 Å². The van der Waals surface area contributed by atoms with Crippen LogP contribution in [-0.4, -0.2) is 16.4 Å². The first-order valence-corrected chi connectivity index (χ1v) is 7.03. The van der Waals surface area contributed by atoms with E-state index in [1.807, 2.05) is 25.1 Å². The Balaban J connectivity index is 2.04. The number of aryl methyl sites for hydroxylation is 1. The van der Waals surface area contributed by atoms with Gasteiger partial charge in [-0.25, -0.2) is 4.98 Å². The van der Waals surface area contributed by atoms with E-state index in [1.165, 1.54) is 5.56 Å². The van der Waals surface area contributed by atoms with E-state index >= 15 is 0 Å². The molecule has 0 aliphatic rings. The van der Waals surface area contributed by atoms with E-state index in [4.69, 9.17) is 5.73 Å². The minimum Gasteiger partial charge on any atom is -0.398 e. The second-order valence-electron chi connectivity index (χ2n) is 4.36. The van der Waals surface area contributed by atoms with Gasteiger partial charge in [0.15, 0.2) is 0 Å². The molecule has 0 spiro atoms. The van der Waals surface area contributed by atoms with Gasteiger partial charge in [0.25, 0.3) is 0 Å². The van der Waals surface area contributed by atoms with E-state index in [-0.39, 0.29) is 0 Å². The molecule has 0 amide bonds.